The first-order chi connectivity index (χ1) is 10.5. The van der Waals surface area contributed by atoms with Crippen LogP contribution in [0, 0.1) is 11.3 Å². The number of nitrogens with zero attached hydrogens (tertiary/aromatic N) is 1. The third-order valence-corrected chi connectivity index (χ3v) is 4.89. The minimum Gasteiger partial charge on any atom is -0.394 e. The molecule has 2 aromatic rings. The van der Waals surface area contributed by atoms with Gasteiger partial charge in [0, 0.05) is 22.9 Å². The Kier molecular flexibility index (Phi) is 4.25. The SMILES string of the molecule is N#Cc1c(Cl)[nH]c2cc(Cl)c(Cl)c([C@H]3C[C@H](O)[C@@H](CO)O3)c12. The van der Waals surface area contributed by atoms with Crippen molar-refractivity contribution in [1.29, 1.82) is 5.26 Å². The number of benzene rings is 1. The van der Waals surface area contributed by atoms with Crippen molar-refractivity contribution in [3.05, 3.63) is 32.4 Å². The molecule has 3 atom stereocenters. The normalized spacial score (nSPS) is 24.8. The molecule has 0 spiro atoms. The van der Waals surface area contributed by atoms with Gasteiger partial charge in [-0.1, -0.05) is 34.8 Å². The van der Waals surface area contributed by atoms with Crippen LogP contribution in [0.15, 0.2) is 6.07 Å². The Bertz CT molecular complexity index is 784. The fourth-order valence-corrected chi connectivity index (χ4v) is 3.51. The third kappa shape index (κ3) is 2.37. The Labute approximate surface area is 141 Å². The average Bonchev–Trinajstić information content (AvgIpc) is 2.99. The Hall–Kier alpha value is -1.00. The lowest BCUT2D eigenvalue weighted by Crippen LogP contribution is -2.24. The molecule has 1 saturated heterocycles. The molecule has 0 saturated carbocycles. The van der Waals surface area contributed by atoms with E-state index >= 15 is 0 Å². The summed E-state index contributed by atoms with van der Waals surface area (Å²) in [4.78, 5) is 2.88. The summed E-state index contributed by atoms with van der Waals surface area (Å²) in [5.41, 5.74) is 1.31. The lowest BCUT2D eigenvalue weighted by Gasteiger charge is -2.16. The van der Waals surface area contributed by atoms with Gasteiger partial charge in [-0.3, -0.25) is 0 Å². The van der Waals surface area contributed by atoms with Crippen LogP contribution in [0.25, 0.3) is 10.9 Å². The molecule has 1 aromatic heterocycles. The highest BCUT2D eigenvalue weighted by molar-refractivity contribution is 6.44. The summed E-state index contributed by atoms with van der Waals surface area (Å²) in [7, 11) is 0. The van der Waals surface area contributed by atoms with Crippen LogP contribution in [0.2, 0.25) is 15.2 Å². The number of halogens is 3. The highest BCUT2D eigenvalue weighted by Crippen LogP contribution is 2.45. The van der Waals surface area contributed by atoms with Crippen LogP contribution in [0.3, 0.4) is 0 Å². The van der Waals surface area contributed by atoms with Crippen molar-refractivity contribution in [3.8, 4) is 6.07 Å². The van der Waals surface area contributed by atoms with Gasteiger partial charge in [0.15, 0.2) is 0 Å². The number of ether oxygens (including phenoxy) is 1. The molecule has 2 heterocycles. The summed E-state index contributed by atoms with van der Waals surface area (Å²) < 4.78 is 5.65. The van der Waals surface area contributed by atoms with Gasteiger partial charge in [-0.2, -0.15) is 5.26 Å². The second-order valence-corrected chi connectivity index (χ2v) is 6.25. The van der Waals surface area contributed by atoms with Gasteiger partial charge in [-0.05, 0) is 6.07 Å². The maximum atomic E-state index is 9.92. The largest absolute Gasteiger partial charge is 0.394 e. The smallest absolute Gasteiger partial charge is 0.125 e. The number of hydrogen-bond acceptors (Lipinski definition) is 4. The maximum Gasteiger partial charge on any atom is 0.125 e. The molecule has 3 rings (SSSR count). The number of aliphatic hydroxyl groups excluding tert-OH is 2. The van der Waals surface area contributed by atoms with Crippen LogP contribution < -0.4 is 0 Å². The molecule has 1 aliphatic heterocycles. The van der Waals surface area contributed by atoms with E-state index in [1.807, 2.05) is 6.07 Å². The van der Waals surface area contributed by atoms with Crippen LogP contribution in [-0.4, -0.2) is 34.0 Å². The van der Waals surface area contributed by atoms with Crippen LogP contribution in [-0.2, 0) is 4.74 Å². The van der Waals surface area contributed by atoms with E-state index in [0.29, 0.717) is 16.5 Å². The minimum atomic E-state index is -0.819. The first kappa shape index (κ1) is 15.9. The van der Waals surface area contributed by atoms with E-state index < -0.39 is 18.3 Å². The van der Waals surface area contributed by atoms with Crippen molar-refractivity contribution in [1.82, 2.24) is 4.98 Å². The number of hydrogen-bond donors (Lipinski definition) is 3. The first-order valence-corrected chi connectivity index (χ1v) is 7.64. The van der Waals surface area contributed by atoms with E-state index in [0.717, 1.165) is 0 Å². The topological polar surface area (TPSA) is 89.3 Å². The molecule has 0 amide bonds. The molecule has 1 aromatic carbocycles. The number of aromatic amines is 1. The zero-order chi connectivity index (χ0) is 16.0. The molecular formula is C14H11Cl3N2O3. The molecule has 5 nitrogen and oxygen atoms in total. The molecule has 0 aliphatic carbocycles. The summed E-state index contributed by atoms with van der Waals surface area (Å²) in [6.45, 7) is -0.308. The Morgan fingerprint density at radius 2 is 2.14 bits per heavy atom. The van der Waals surface area contributed by atoms with Crippen molar-refractivity contribution in [2.24, 2.45) is 0 Å². The zero-order valence-electron chi connectivity index (χ0n) is 11.1. The molecule has 8 heteroatoms. The van der Waals surface area contributed by atoms with Crippen LogP contribution in [0.4, 0.5) is 0 Å². The second kappa shape index (κ2) is 5.89. The van der Waals surface area contributed by atoms with Gasteiger partial charge >= 0.3 is 0 Å². The Balaban J connectivity index is 2.24. The summed E-state index contributed by atoms with van der Waals surface area (Å²) in [5.74, 6) is 0. The molecule has 22 heavy (non-hydrogen) atoms. The van der Waals surface area contributed by atoms with Gasteiger partial charge < -0.3 is 19.9 Å². The predicted octanol–water partition coefficient (Wildman–Crippen LogP) is 3.18. The van der Waals surface area contributed by atoms with Crippen molar-refractivity contribution >= 4 is 45.7 Å². The lowest BCUT2D eigenvalue weighted by molar-refractivity contribution is -0.0221. The van der Waals surface area contributed by atoms with E-state index in [1.165, 1.54) is 0 Å². The highest BCUT2D eigenvalue weighted by atomic mass is 35.5. The maximum absolute atomic E-state index is 9.92. The van der Waals surface area contributed by atoms with Gasteiger partial charge in [0.1, 0.15) is 17.3 Å². The van der Waals surface area contributed by atoms with Crippen molar-refractivity contribution in [2.75, 3.05) is 6.61 Å². The fourth-order valence-electron chi connectivity index (χ4n) is 2.79. The van der Waals surface area contributed by atoms with Gasteiger partial charge in [-0.25, -0.2) is 0 Å². The third-order valence-electron chi connectivity index (χ3n) is 3.81. The van der Waals surface area contributed by atoms with Crippen molar-refractivity contribution < 1.29 is 14.9 Å². The number of fused-ring (bicyclic) bond motifs is 1. The van der Waals surface area contributed by atoms with Gasteiger partial charge in [0.05, 0.1) is 34.4 Å². The number of H-pyrrole nitrogens is 1. The number of rotatable bonds is 2. The quantitative estimate of drug-likeness (QED) is 0.766. The molecule has 1 aliphatic rings. The molecule has 3 N–H and O–H groups in total. The Morgan fingerprint density at radius 3 is 2.73 bits per heavy atom. The van der Waals surface area contributed by atoms with E-state index in [4.69, 9.17) is 39.5 Å². The fraction of sp³-hybridized carbons (Fsp3) is 0.357. The van der Waals surface area contributed by atoms with Crippen LogP contribution in [0.5, 0.6) is 0 Å². The second-order valence-electron chi connectivity index (χ2n) is 5.08. The zero-order valence-corrected chi connectivity index (χ0v) is 13.4. The molecule has 0 radical (unpaired) electrons. The first-order valence-electron chi connectivity index (χ1n) is 6.51. The average molecular weight is 362 g/mol. The van der Waals surface area contributed by atoms with Crippen LogP contribution in [0.1, 0.15) is 23.7 Å². The van der Waals surface area contributed by atoms with E-state index in [9.17, 15) is 15.5 Å². The number of aromatic nitrogens is 1. The predicted molar refractivity (Wildman–Crippen MR) is 83.4 cm³/mol. The highest BCUT2D eigenvalue weighted by Gasteiger charge is 2.37. The summed E-state index contributed by atoms with van der Waals surface area (Å²) in [6, 6.07) is 3.62. The van der Waals surface area contributed by atoms with Gasteiger partial charge in [-0.15, -0.1) is 0 Å². The van der Waals surface area contributed by atoms with Crippen molar-refractivity contribution in [3.63, 3.8) is 0 Å². The summed E-state index contributed by atoms with van der Waals surface area (Å²) in [6.07, 6.45) is -1.86. The molecule has 0 unspecified atom stereocenters. The standard InChI is InChI=1S/C14H11Cl3N2O3/c15-6-1-7-11(5(3-18)14(17)19-7)12(13(6)16)9-2-8(21)10(4-20)22-9/h1,8-10,19-21H,2,4H2/t8-,9+,10+/m0/s1. The molecular weight excluding hydrogens is 351 g/mol. The van der Waals surface area contributed by atoms with E-state index in [-0.39, 0.29) is 33.8 Å². The number of nitrogens with one attached hydrogen (secondary N) is 1. The minimum absolute atomic E-state index is 0.189. The number of aliphatic hydroxyl groups is 2. The lowest BCUT2D eigenvalue weighted by atomic mass is 9.99. The van der Waals surface area contributed by atoms with Gasteiger partial charge in [0.25, 0.3) is 0 Å². The molecule has 0 bridgehead atoms. The molecule has 1 fully saturated rings. The van der Waals surface area contributed by atoms with E-state index in [1.54, 1.807) is 6.07 Å². The van der Waals surface area contributed by atoms with Gasteiger partial charge in [0.2, 0.25) is 0 Å². The van der Waals surface area contributed by atoms with E-state index in [2.05, 4.69) is 4.98 Å². The summed E-state index contributed by atoms with van der Waals surface area (Å²) >= 11 is 18.5. The van der Waals surface area contributed by atoms with Crippen LogP contribution >= 0.6 is 34.8 Å². The Morgan fingerprint density at radius 1 is 1.41 bits per heavy atom. The monoisotopic (exact) mass is 360 g/mol. The molecule has 116 valence electrons. The number of nitriles is 1. The van der Waals surface area contributed by atoms with Crippen molar-refractivity contribution in [2.45, 2.75) is 24.7 Å². The summed E-state index contributed by atoms with van der Waals surface area (Å²) in [5, 5.41) is 29.7.